The van der Waals surface area contributed by atoms with Gasteiger partial charge < -0.3 is 4.90 Å². The third-order valence-electron chi connectivity index (χ3n) is 2.76. The number of halogens is 3. The van der Waals surface area contributed by atoms with Crippen LogP contribution in [-0.4, -0.2) is 29.6 Å². The molecule has 0 aliphatic heterocycles. The van der Waals surface area contributed by atoms with E-state index in [9.17, 15) is 18.0 Å². The molecule has 19 heavy (non-hydrogen) atoms. The molecule has 0 fully saturated rings. The van der Waals surface area contributed by atoms with Crippen LogP contribution in [0.5, 0.6) is 0 Å². The number of nitriles is 2. The molecule has 106 valence electrons. The first kappa shape index (κ1) is 17.2. The van der Waals surface area contributed by atoms with Gasteiger partial charge in [0.05, 0.1) is 25.0 Å². The molecule has 0 aromatic carbocycles. The van der Waals surface area contributed by atoms with Gasteiger partial charge in [-0.2, -0.15) is 23.7 Å². The third-order valence-corrected chi connectivity index (χ3v) is 2.76. The molecule has 0 atom stereocenters. The van der Waals surface area contributed by atoms with Crippen molar-refractivity contribution in [3.63, 3.8) is 0 Å². The lowest BCUT2D eigenvalue weighted by Gasteiger charge is -2.33. The number of hydrogen-bond acceptors (Lipinski definition) is 3. The maximum absolute atomic E-state index is 12.4. The summed E-state index contributed by atoms with van der Waals surface area (Å²) in [4.78, 5) is 13.1. The van der Waals surface area contributed by atoms with E-state index in [0.29, 0.717) is 0 Å². The number of hydrogen-bond donors (Lipinski definition) is 0. The fourth-order valence-corrected chi connectivity index (χ4v) is 1.34. The predicted octanol–water partition coefficient (Wildman–Crippen LogP) is 2.62. The lowest BCUT2D eigenvalue weighted by molar-refractivity contribution is -0.151. The maximum atomic E-state index is 12.4. The number of nitrogens with zero attached hydrogens (tertiary/aromatic N) is 3. The van der Waals surface area contributed by atoms with Crippen LogP contribution in [0.1, 0.15) is 33.6 Å². The van der Waals surface area contributed by atoms with Crippen molar-refractivity contribution < 1.29 is 18.0 Å². The minimum atomic E-state index is -4.67. The Labute approximate surface area is 110 Å². The van der Waals surface area contributed by atoms with Gasteiger partial charge in [-0.1, -0.05) is 0 Å². The Kier molecular flexibility index (Phi) is 4.97. The van der Waals surface area contributed by atoms with Crippen LogP contribution >= 0.6 is 0 Å². The van der Waals surface area contributed by atoms with Crippen LogP contribution in [0.4, 0.5) is 13.2 Å². The monoisotopic (exact) mass is 275 g/mol. The summed E-state index contributed by atoms with van der Waals surface area (Å²) in [5, 5.41) is 17.7. The average Bonchev–Trinajstić information content (AvgIpc) is 2.23. The second-order valence-electron chi connectivity index (χ2n) is 5.40. The standard InChI is InChI=1S/C12H16F3N3O/c1-10(2,3)18(4)9(19)5-11(7-16,8-17)6-12(13,14)15/h5-6H2,1-4H3. The minimum absolute atomic E-state index is 0.591. The van der Waals surface area contributed by atoms with Gasteiger partial charge in [0.1, 0.15) is 0 Å². The van der Waals surface area contributed by atoms with E-state index in [2.05, 4.69) is 0 Å². The molecule has 0 saturated heterocycles. The summed E-state index contributed by atoms with van der Waals surface area (Å²) >= 11 is 0. The third kappa shape index (κ3) is 5.17. The predicted molar refractivity (Wildman–Crippen MR) is 61.5 cm³/mol. The number of carbonyl (C=O) groups is 1. The molecule has 0 heterocycles. The van der Waals surface area contributed by atoms with Crippen LogP contribution in [0.25, 0.3) is 0 Å². The zero-order valence-corrected chi connectivity index (χ0v) is 11.3. The molecule has 0 aromatic heterocycles. The van der Waals surface area contributed by atoms with E-state index < -0.39 is 35.9 Å². The van der Waals surface area contributed by atoms with Gasteiger partial charge in [0, 0.05) is 12.6 Å². The van der Waals surface area contributed by atoms with E-state index in [4.69, 9.17) is 10.5 Å². The van der Waals surface area contributed by atoms with Gasteiger partial charge in [0.15, 0.2) is 5.41 Å². The first-order valence-corrected chi connectivity index (χ1v) is 5.53. The van der Waals surface area contributed by atoms with Crippen LogP contribution in [0, 0.1) is 28.1 Å². The summed E-state index contributed by atoms with van der Waals surface area (Å²) in [6.07, 6.45) is -7.06. The van der Waals surface area contributed by atoms with E-state index in [0.717, 1.165) is 0 Å². The second kappa shape index (κ2) is 5.48. The average molecular weight is 275 g/mol. The quantitative estimate of drug-likeness (QED) is 0.795. The lowest BCUT2D eigenvalue weighted by Crippen LogP contribution is -2.44. The largest absolute Gasteiger partial charge is 0.391 e. The van der Waals surface area contributed by atoms with Gasteiger partial charge in [0.2, 0.25) is 5.91 Å². The van der Waals surface area contributed by atoms with Gasteiger partial charge in [-0.3, -0.25) is 4.79 Å². The van der Waals surface area contributed by atoms with Crippen molar-refractivity contribution in [3.05, 3.63) is 0 Å². The molecule has 0 bridgehead atoms. The fraction of sp³-hybridized carbons (Fsp3) is 0.750. The Hall–Kier alpha value is -1.76. The smallest absolute Gasteiger partial charge is 0.341 e. The molecule has 7 heteroatoms. The summed E-state index contributed by atoms with van der Waals surface area (Å²) in [6.45, 7) is 5.11. The summed E-state index contributed by atoms with van der Waals surface area (Å²) in [6, 6.07) is 2.66. The van der Waals surface area contributed by atoms with Gasteiger partial charge in [-0.15, -0.1) is 0 Å². The Morgan fingerprint density at radius 2 is 1.58 bits per heavy atom. The Morgan fingerprint density at radius 3 is 1.84 bits per heavy atom. The van der Waals surface area contributed by atoms with E-state index >= 15 is 0 Å². The fourth-order valence-electron chi connectivity index (χ4n) is 1.34. The zero-order valence-electron chi connectivity index (χ0n) is 11.3. The lowest BCUT2D eigenvalue weighted by atomic mass is 9.83. The summed E-state index contributed by atoms with van der Waals surface area (Å²) in [5.74, 6) is -0.667. The normalized spacial score (nSPS) is 12.5. The van der Waals surface area contributed by atoms with Crippen molar-refractivity contribution in [1.82, 2.24) is 4.90 Å². The van der Waals surface area contributed by atoms with Crippen LogP contribution in [0.3, 0.4) is 0 Å². The van der Waals surface area contributed by atoms with Gasteiger partial charge in [-0.25, -0.2) is 0 Å². The molecule has 4 nitrogen and oxygen atoms in total. The van der Waals surface area contributed by atoms with Crippen LogP contribution < -0.4 is 0 Å². The number of alkyl halides is 3. The molecule has 0 aliphatic carbocycles. The highest BCUT2D eigenvalue weighted by Crippen LogP contribution is 2.36. The minimum Gasteiger partial charge on any atom is -0.341 e. The van der Waals surface area contributed by atoms with Crippen LogP contribution in [0.15, 0.2) is 0 Å². The Bertz CT molecular complexity index is 409. The highest BCUT2D eigenvalue weighted by molar-refractivity contribution is 5.78. The SMILES string of the molecule is CN(C(=O)CC(C#N)(C#N)CC(F)(F)F)C(C)(C)C. The highest BCUT2D eigenvalue weighted by Gasteiger charge is 2.45. The highest BCUT2D eigenvalue weighted by atomic mass is 19.4. The molecule has 1 amide bonds. The molecule has 0 aliphatic rings. The van der Waals surface area contributed by atoms with Gasteiger partial charge in [-0.05, 0) is 20.8 Å². The van der Waals surface area contributed by atoms with Crippen LogP contribution in [-0.2, 0) is 4.79 Å². The van der Waals surface area contributed by atoms with Crippen molar-refractivity contribution in [1.29, 1.82) is 10.5 Å². The Balaban J connectivity index is 5.15. The molecule has 0 N–H and O–H groups in total. The van der Waals surface area contributed by atoms with Crippen LogP contribution in [0.2, 0.25) is 0 Å². The van der Waals surface area contributed by atoms with E-state index in [-0.39, 0.29) is 0 Å². The maximum Gasteiger partial charge on any atom is 0.391 e. The second-order valence-corrected chi connectivity index (χ2v) is 5.40. The molecular formula is C12H16F3N3O. The molecule has 0 saturated carbocycles. The van der Waals surface area contributed by atoms with E-state index in [1.165, 1.54) is 24.1 Å². The molecular weight excluding hydrogens is 259 g/mol. The van der Waals surface area contributed by atoms with Crippen molar-refractivity contribution in [3.8, 4) is 12.1 Å². The topological polar surface area (TPSA) is 67.9 Å². The molecule has 0 spiro atoms. The summed E-state index contributed by atoms with van der Waals surface area (Å²) < 4.78 is 37.1. The van der Waals surface area contributed by atoms with Crippen molar-refractivity contribution >= 4 is 5.91 Å². The van der Waals surface area contributed by atoms with Crippen molar-refractivity contribution in [2.75, 3.05) is 7.05 Å². The zero-order chi connectivity index (χ0) is 15.5. The molecule has 0 aromatic rings. The first-order chi connectivity index (χ1) is 8.37. The molecule has 0 rings (SSSR count). The summed E-state index contributed by atoms with van der Waals surface area (Å²) in [7, 11) is 1.43. The van der Waals surface area contributed by atoms with Gasteiger partial charge >= 0.3 is 6.18 Å². The number of carbonyl (C=O) groups excluding carboxylic acids is 1. The van der Waals surface area contributed by atoms with E-state index in [1.807, 2.05) is 0 Å². The van der Waals surface area contributed by atoms with Crippen molar-refractivity contribution in [2.45, 2.75) is 45.3 Å². The van der Waals surface area contributed by atoms with Crippen molar-refractivity contribution in [2.24, 2.45) is 5.41 Å². The van der Waals surface area contributed by atoms with E-state index in [1.54, 1.807) is 20.8 Å². The first-order valence-electron chi connectivity index (χ1n) is 5.53. The molecule has 0 unspecified atom stereocenters. The summed E-state index contributed by atoms with van der Waals surface area (Å²) in [5.41, 5.74) is -2.96. The van der Waals surface area contributed by atoms with Gasteiger partial charge in [0.25, 0.3) is 0 Å². The Morgan fingerprint density at radius 1 is 1.16 bits per heavy atom. The molecule has 0 radical (unpaired) electrons. The number of amides is 1. The number of rotatable bonds is 3.